The minimum absolute atomic E-state index is 0.230. The molecule has 0 spiro atoms. The van der Waals surface area contributed by atoms with E-state index in [4.69, 9.17) is 11.6 Å². The van der Waals surface area contributed by atoms with Crippen molar-refractivity contribution in [3.05, 3.63) is 34.3 Å². The largest absolute Gasteiger partial charge is 0.294 e. The zero-order chi connectivity index (χ0) is 10.4. The Labute approximate surface area is 94.4 Å². The third-order valence-corrected chi connectivity index (χ3v) is 4.11. The highest BCUT2D eigenvalue weighted by Crippen LogP contribution is 2.48. The molecule has 1 nitrogen and oxygen atoms in total. The van der Waals surface area contributed by atoms with Crippen molar-refractivity contribution in [2.45, 2.75) is 31.6 Å². The molecule has 0 saturated heterocycles. The average Bonchev–Trinajstić information content (AvgIpc) is 2.55. The maximum Gasteiger partial charge on any atom is 0.168 e. The Bertz CT molecular complexity index is 425. The second-order valence-electron chi connectivity index (χ2n) is 4.57. The third kappa shape index (κ3) is 1.26. The highest BCUT2D eigenvalue weighted by Gasteiger charge is 2.41. The van der Waals surface area contributed by atoms with E-state index in [2.05, 4.69) is 6.07 Å². The van der Waals surface area contributed by atoms with Crippen LogP contribution in [0.15, 0.2) is 18.2 Å². The molecule has 0 radical (unpaired) electrons. The number of ketones is 1. The smallest absolute Gasteiger partial charge is 0.168 e. The van der Waals surface area contributed by atoms with Gasteiger partial charge in [0, 0.05) is 11.5 Å². The predicted molar refractivity (Wildman–Crippen MR) is 60.5 cm³/mol. The fourth-order valence-corrected chi connectivity index (χ4v) is 3.39. The zero-order valence-corrected chi connectivity index (χ0v) is 9.26. The first-order valence-corrected chi connectivity index (χ1v) is 5.99. The van der Waals surface area contributed by atoms with Crippen LogP contribution in [0.2, 0.25) is 5.02 Å². The number of benzene rings is 1. The Morgan fingerprint density at radius 1 is 1.13 bits per heavy atom. The third-order valence-electron chi connectivity index (χ3n) is 3.79. The lowest BCUT2D eigenvalue weighted by Gasteiger charge is -2.24. The summed E-state index contributed by atoms with van der Waals surface area (Å²) >= 11 is 6.11. The average molecular weight is 221 g/mol. The molecule has 0 bridgehead atoms. The van der Waals surface area contributed by atoms with Gasteiger partial charge >= 0.3 is 0 Å². The van der Waals surface area contributed by atoms with Gasteiger partial charge in [-0.05, 0) is 30.4 Å². The van der Waals surface area contributed by atoms with Crippen molar-refractivity contribution in [3.63, 3.8) is 0 Å². The molecule has 2 unspecified atom stereocenters. The molecule has 2 atom stereocenters. The van der Waals surface area contributed by atoms with Crippen LogP contribution in [0.25, 0.3) is 0 Å². The maximum atomic E-state index is 12.2. The summed E-state index contributed by atoms with van der Waals surface area (Å²) in [6, 6.07) is 5.87. The van der Waals surface area contributed by atoms with Gasteiger partial charge in [0.05, 0.1) is 5.02 Å². The molecule has 1 fully saturated rings. The highest BCUT2D eigenvalue weighted by atomic mass is 35.5. The molecule has 0 aliphatic heterocycles. The first kappa shape index (κ1) is 9.41. The first-order valence-electron chi connectivity index (χ1n) is 5.61. The first-order chi connectivity index (χ1) is 7.29. The molecule has 0 aromatic heterocycles. The molecule has 0 heterocycles. The van der Waals surface area contributed by atoms with Gasteiger partial charge in [-0.2, -0.15) is 0 Å². The van der Waals surface area contributed by atoms with E-state index in [1.54, 1.807) is 0 Å². The number of fused-ring (bicyclic) bond motifs is 3. The number of Topliss-reactive ketones (excluding diaryl/α,β-unsaturated/α-hetero) is 1. The van der Waals surface area contributed by atoms with Crippen molar-refractivity contribution >= 4 is 17.4 Å². The van der Waals surface area contributed by atoms with E-state index in [0.717, 1.165) is 18.4 Å². The summed E-state index contributed by atoms with van der Waals surface area (Å²) in [5.41, 5.74) is 2.02. The Morgan fingerprint density at radius 3 is 2.67 bits per heavy atom. The van der Waals surface area contributed by atoms with Crippen LogP contribution in [0.1, 0.15) is 47.5 Å². The molecule has 15 heavy (non-hydrogen) atoms. The van der Waals surface area contributed by atoms with Gasteiger partial charge < -0.3 is 0 Å². The van der Waals surface area contributed by atoms with Crippen LogP contribution in [-0.4, -0.2) is 5.78 Å². The zero-order valence-electron chi connectivity index (χ0n) is 8.50. The molecule has 2 aliphatic carbocycles. The van der Waals surface area contributed by atoms with Crippen LogP contribution in [0.4, 0.5) is 0 Å². The lowest BCUT2D eigenvalue weighted by molar-refractivity contribution is 0.0898. The summed E-state index contributed by atoms with van der Waals surface area (Å²) in [6.07, 6.45) is 4.65. The number of hydrogen-bond acceptors (Lipinski definition) is 1. The van der Waals surface area contributed by atoms with Crippen molar-refractivity contribution < 1.29 is 4.79 Å². The van der Waals surface area contributed by atoms with Gasteiger partial charge in [0.1, 0.15) is 0 Å². The van der Waals surface area contributed by atoms with Gasteiger partial charge in [-0.25, -0.2) is 0 Å². The molecule has 3 rings (SSSR count). The summed E-state index contributed by atoms with van der Waals surface area (Å²) in [6.45, 7) is 0. The SMILES string of the molecule is O=C1c2c(Cl)cccc2C2CCCCC12. The van der Waals surface area contributed by atoms with E-state index in [9.17, 15) is 4.79 Å². The molecule has 78 valence electrons. The monoisotopic (exact) mass is 220 g/mol. The van der Waals surface area contributed by atoms with E-state index in [-0.39, 0.29) is 5.92 Å². The van der Waals surface area contributed by atoms with Gasteiger partial charge in [-0.1, -0.05) is 36.6 Å². The number of halogens is 1. The number of carbonyl (C=O) groups excluding carboxylic acids is 1. The van der Waals surface area contributed by atoms with Gasteiger partial charge in [0.25, 0.3) is 0 Å². The fraction of sp³-hybridized carbons (Fsp3) is 0.462. The van der Waals surface area contributed by atoms with E-state index >= 15 is 0 Å². The summed E-state index contributed by atoms with van der Waals surface area (Å²) in [7, 11) is 0. The van der Waals surface area contributed by atoms with E-state index in [1.165, 1.54) is 18.4 Å². The van der Waals surface area contributed by atoms with Gasteiger partial charge in [-0.3, -0.25) is 4.79 Å². The van der Waals surface area contributed by atoms with Gasteiger partial charge in [-0.15, -0.1) is 0 Å². The van der Waals surface area contributed by atoms with Gasteiger partial charge in [0.15, 0.2) is 5.78 Å². The fourth-order valence-electron chi connectivity index (χ4n) is 3.11. The molecular formula is C13H13ClO. The lowest BCUT2D eigenvalue weighted by atomic mass is 9.79. The second kappa shape index (κ2) is 3.34. The lowest BCUT2D eigenvalue weighted by Crippen LogP contribution is -2.17. The van der Waals surface area contributed by atoms with Crippen LogP contribution in [0.5, 0.6) is 0 Å². The van der Waals surface area contributed by atoms with Crippen molar-refractivity contribution in [2.24, 2.45) is 5.92 Å². The quantitative estimate of drug-likeness (QED) is 0.650. The number of rotatable bonds is 0. The van der Waals surface area contributed by atoms with Crippen LogP contribution in [0, 0.1) is 5.92 Å². The standard InChI is InChI=1S/C13H13ClO/c14-11-7-3-6-9-8-4-1-2-5-10(8)13(15)12(9)11/h3,6-8,10H,1-2,4-5H2. The van der Waals surface area contributed by atoms with Crippen molar-refractivity contribution in [3.8, 4) is 0 Å². The van der Waals surface area contributed by atoms with Crippen molar-refractivity contribution in [2.75, 3.05) is 0 Å². The van der Waals surface area contributed by atoms with Gasteiger partial charge in [0.2, 0.25) is 0 Å². The maximum absolute atomic E-state index is 12.2. The molecule has 1 saturated carbocycles. The Hall–Kier alpha value is -0.820. The van der Waals surface area contributed by atoms with E-state index in [0.29, 0.717) is 16.7 Å². The van der Waals surface area contributed by atoms with Crippen LogP contribution in [-0.2, 0) is 0 Å². The van der Waals surface area contributed by atoms with Crippen LogP contribution < -0.4 is 0 Å². The summed E-state index contributed by atoms with van der Waals surface area (Å²) in [5, 5.41) is 0.645. The number of carbonyl (C=O) groups is 1. The highest BCUT2D eigenvalue weighted by molar-refractivity contribution is 6.34. The molecule has 2 heteroatoms. The minimum Gasteiger partial charge on any atom is -0.294 e. The number of hydrogen-bond donors (Lipinski definition) is 0. The van der Waals surface area contributed by atoms with E-state index in [1.807, 2.05) is 12.1 Å². The molecule has 0 amide bonds. The normalized spacial score (nSPS) is 28.7. The Kier molecular flexibility index (Phi) is 2.10. The van der Waals surface area contributed by atoms with Crippen LogP contribution >= 0.6 is 11.6 Å². The summed E-state index contributed by atoms with van der Waals surface area (Å²) in [4.78, 5) is 12.2. The molecular weight excluding hydrogens is 208 g/mol. The minimum atomic E-state index is 0.230. The Balaban J connectivity index is 2.15. The molecule has 2 aliphatic rings. The topological polar surface area (TPSA) is 17.1 Å². The summed E-state index contributed by atoms with van der Waals surface area (Å²) < 4.78 is 0. The second-order valence-corrected chi connectivity index (χ2v) is 4.97. The summed E-state index contributed by atoms with van der Waals surface area (Å²) in [5.74, 6) is 0.980. The molecule has 0 N–H and O–H groups in total. The van der Waals surface area contributed by atoms with Crippen LogP contribution in [0.3, 0.4) is 0 Å². The molecule has 1 aromatic rings. The van der Waals surface area contributed by atoms with E-state index < -0.39 is 0 Å². The molecule has 1 aromatic carbocycles. The van der Waals surface area contributed by atoms with Crippen molar-refractivity contribution in [1.82, 2.24) is 0 Å². The Morgan fingerprint density at radius 2 is 1.87 bits per heavy atom. The predicted octanol–water partition coefficient (Wildman–Crippen LogP) is 3.81. The van der Waals surface area contributed by atoms with Crippen molar-refractivity contribution in [1.29, 1.82) is 0 Å².